The standard InChI is InChI=1S/C17H19ClFN5/c18-15-22-16(20-11-10-12-4-2-1-3-5-12)24-17(23-15)21-14-8-6-13(19)7-9-14/h4,6-9H,1-3,5,10-11H2,(H2,20,21,22,23,24). The van der Waals surface area contributed by atoms with Crippen LogP contribution in [0.1, 0.15) is 32.1 Å². The lowest BCUT2D eigenvalue weighted by Crippen LogP contribution is -2.09. The first-order chi connectivity index (χ1) is 11.7. The number of rotatable bonds is 6. The van der Waals surface area contributed by atoms with Crippen LogP contribution in [0.2, 0.25) is 5.28 Å². The van der Waals surface area contributed by atoms with Crippen LogP contribution in [0.4, 0.5) is 22.0 Å². The normalized spacial score (nSPS) is 14.2. The van der Waals surface area contributed by atoms with E-state index in [1.54, 1.807) is 12.1 Å². The number of hydrogen-bond acceptors (Lipinski definition) is 5. The molecule has 2 aromatic rings. The van der Waals surface area contributed by atoms with Gasteiger partial charge in [-0.1, -0.05) is 11.6 Å². The van der Waals surface area contributed by atoms with Crippen LogP contribution in [0.3, 0.4) is 0 Å². The molecule has 1 aliphatic rings. The van der Waals surface area contributed by atoms with E-state index >= 15 is 0 Å². The summed E-state index contributed by atoms with van der Waals surface area (Å²) in [6, 6.07) is 5.94. The minimum absolute atomic E-state index is 0.106. The number of benzene rings is 1. The molecule has 0 amide bonds. The maximum absolute atomic E-state index is 12.9. The third-order valence-corrected chi connectivity index (χ3v) is 3.99. The molecular weight excluding hydrogens is 329 g/mol. The molecule has 0 fully saturated rings. The minimum Gasteiger partial charge on any atom is -0.354 e. The van der Waals surface area contributed by atoms with E-state index in [9.17, 15) is 4.39 Å². The lowest BCUT2D eigenvalue weighted by molar-refractivity contribution is 0.628. The molecule has 0 saturated carbocycles. The zero-order valence-electron chi connectivity index (χ0n) is 13.2. The zero-order chi connectivity index (χ0) is 16.8. The van der Waals surface area contributed by atoms with Crippen molar-refractivity contribution in [2.75, 3.05) is 17.2 Å². The highest BCUT2D eigenvalue weighted by Crippen LogP contribution is 2.20. The Balaban J connectivity index is 1.60. The summed E-state index contributed by atoms with van der Waals surface area (Å²) in [6.07, 6.45) is 8.22. The summed E-state index contributed by atoms with van der Waals surface area (Å²) in [5.74, 6) is 0.450. The molecule has 3 rings (SSSR count). The van der Waals surface area contributed by atoms with Gasteiger partial charge in [0.2, 0.25) is 17.2 Å². The smallest absolute Gasteiger partial charge is 0.233 e. The van der Waals surface area contributed by atoms with E-state index in [1.807, 2.05) is 0 Å². The van der Waals surface area contributed by atoms with Gasteiger partial charge >= 0.3 is 0 Å². The summed E-state index contributed by atoms with van der Waals surface area (Å²) in [5.41, 5.74) is 2.16. The van der Waals surface area contributed by atoms with Gasteiger partial charge in [0.1, 0.15) is 5.82 Å². The molecule has 0 radical (unpaired) electrons. The van der Waals surface area contributed by atoms with E-state index < -0.39 is 0 Å². The van der Waals surface area contributed by atoms with Gasteiger partial charge in [-0.05, 0) is 68.0 Å². The molecule has 5 nitrogen and oxygen atoms in total. The van der Waals surface area contributed by atoms with Crippen molar-refractivity contribution in [3.05, 3.63) is 47.0 Å². The Kier molecular flexibility index (Phi) is 5.59. The van der Waals surface area contributed by atoms with Crippen molar-refractivity contribution in [3.63, 3.8) is 0 Å². The van der Waals surface area contributed by atoms with Gasteiger partial charge in [-0.2, -0.15) is 15.0 Å². The third-order valence-electron chi connectivity index (χ3n) is 3.82. The molecule has 1 aromatic heterocycles. The molecule has 0 saturated heterocycles. The summed E-state index contributed by atoms with van der Waals surface area (Å²) in [5, 5.41) is 6.27. The topological polar surface area (TPSA) is 62.7 Å². The first-order valence-electron chi connectivity index (χ1n) is 8.05. The summed E-state index contributed by atoms with van der Waals surface area (Å²) in [6.45, 7) is 0.752. The van der Waals surface area contributed by atoms with Crippen molar-refractivity contribution >= 4 is 29.2 Å². The summed E-state index contributed by atoms with van der Waals surface area (Å²) < 4.78 is 12.9. The fourth-order valence-electron chi connectivity index (χ4n) is 2.61. The second-order valence-electron chi connectivity index (χ2n) is 5.67. The average Bonchev–Trinajstić information content (AvgIpc) is 2.57. The van der Waals surface area contributed by atoms with Crippen molar-refractivity contribution in [3.8, 4) is 0 Å². The Morgan fingerprint density at radius 2 is 1.83 bits per heavy atom. The number of nitrogens with one attached hydrogen (secondary N) is 2. The van der Waals surface area contributed by atoms with Crippen LogP contribution in [0.15, 0.2) is 35.9 Å². The molecule has 1 heterocycles. The second-order valence-corrected chi connectivity index (χ2v) is 6.01. The first-order valence-corrected chi connectivity index (χ1v) is 8.43. The van der Waals surface area contributed by atoms with E-state index in [0.29, 0.717) is 17.6 Å². The largest absolute Gasteiger partial charge is 0.354 e. The monoisotopic (exact) mass is 347 g/mol. The molecule has 7 heteroatoms. The molecule has 0 atom stereocenters. The maximum atomic E-state index is 12.9. The minimum atomic E-state index is -0.298. The number of anilines is 3. The molecule has 126 valence electrons. The molecule has 24 heavy (non-hydrogen) atoms. The quantitative estimate of drug-likeness (QED) is 0.741. The molecule has 1 aromatic carbocycles. The summed E-state index contributed by atoms with van der Waals surface area (Å²) in [7, 11) is 0. The predicted molar refractivity (Wildman–Crippen MR) is 94.2 cm³/mol. The highest BCUT2D eigenvalue weighted by atomic mass is 35.5. The lowest BCUT2D eigenvalue weighted by atomic mass is 9.97. The molecular formula is C17H19ClFN5. The van der Waals surface area contributed by atoms with Crippen LogP contribution in [-0.4, -0.2) is 21.5 Å². The van der Waals surface area contributed by atoms with Crippen molar-refractivity contribution in [1.82, 2.24) is 15.0 Å². The van der Waals surface area contributed by atoms with Crippen molar-refractivity contribution in [1.29, 1.82) is 0 Å². The van der Waals surface area contributed by atoms with Crippen LogP contribution in [0, 0.1) is 5.82 Å². The molecule has 2 N–H and O–H groups in total. The number of nitrogens with zero attached hydrogens (tertiary/aromatic N) is 3. The Labute approximate surface area is 145 Å². The van der Waals surface area contributed by atoms with Gasteiger partial charge in [-0.25, -0.2) is 4.39 Å². The van der Waals surface area contributed by atoms with Crippen LogP contribution in [-0.2, 0) is 0 Å². The van der Waals surface area contributed by atoms with E-state index in [0.717, 1.165) is 13.0 Å². The average molecular weight is 348 g/mol. The number of hydrogen-bond donors (Lipinski definition) is 2. The van der Waals surface area contributed by atoms with Gasteiger partial charge in [0.25, 0.3) is 0 Å². The van der Waals surface area contributed by atoms with Gasteiger partial charge in [0, 0.05) is 12.2 Å². The predicted octanol–water partition coefficient (Wildman–Crippen LogP) is 4.71. The van der Waals surface area contributed by atoms with Gasteiger partial charge in [-0.3, -0.25) is 0 Å². The fraction of sp³-hybridized carbons (Fsp3) is 0.353. The van der Waals surface area contributed by atoms with Gasteiger partial charge < -0.3 is 10.6 Å². The Morgan fingerprint density at radius 1 is 1.04 bits per heavy atom. The first kappa shape index (κ1) is 16.6. The van der Waals surface area contributed by atoms with Crippen molar-refractivity contribution in [2.45, 2.75) is 32.1 Å². The van der Waals surface area contributed by atoms with E-state index in [2.05, 4.69) is 31.7 Å². The second kappa shape index (κ2) is 8.06. The third kappa shape index (κ3) is 4.89. The summed E-state index contributed by atoms with van der Waals surface area (Å²) >= 11 is 5.96. The van der Waals surface area contributed by atoms with E-state index in [4.69, 9.17) is 11.6 Å². The molecule has 0 bridgehead atoms. The molecule has 0 spiro atoms. The number of aromatic nitrogens is 3. The Hall–Kier alpha value is -2.21. The zero-order valence-corrected chi connectivity index (χ0v) is 14.0. The van der Waals surface area contributed by atoms with Crippen LogP contribution >= 0.6 is 11.6 Å². The number of allylic oxidation sites excluding steroid dienone is 1. The molecule has 0 unspecified atom stereocenters. The van der Waals surface area contributed by atoms with Crippen molar-refractivity contribution < 1.29 is 4.39 Å². The SMILES string of the molecule is Fc1ccc(Nc2nc(Cl)nc(NCCC3=CCCCC3)n2)cc1. The molecule has 0 aliphatic heterocycles. The highest BCUT2D eigenvalue weighted by molar-refractivity contribution is 6.28. The number of halogens is 2. The van der Waals surface area contributed by atoms with Gasteiger partial charge in [-0.15, -0.1) is 0 Å². The van der Waals surface area contributed by atoms with Gasteiger partial charge in [0.05, 0.1) is 0 Å². The Bertz CT molecular complexity index is 717. The van der Waals surface area contributed by atoms with E-state index in [-0.39, 0.29) is 11.1 Å². The Morgan fingerprint density at radius 3 is 2.58 bits per heavy atom. The fourth-order valence-corrected chi connectivity index (χ4v) is 2.77. The lowest BCUT2D eigenvalue weighted by Gasteiger charge is -2.13. The van der Waals surface area contributed by atoms with Gasteiger partial charge in [0.15, 0.2) is 0 Å². The maximum Gasteiger partial charge on any atom is 0.233 e. The summed E-state index contributed by atoms with van der Waals surface area (Å²) in [4.78, 5) is 12.4. The van der Waals surface area contributed by atoms with Crippen molar-refractivity contribution in [2.24, 2.45) is 0 Å². The van der Waals surface area contributed by atoms with Crippen LogP contribution < -0.4 is 10.6 Å². The highest BCUT2D eigenvalue weighted by Gasteiger charge is 2.07. The van der Waals surface area contributed by atoms with Crippen LogP contribution in [0.5, 0.6) is 0 Å². The van der Waals surface area contributed by atoms with E-state index in [1.165, 1.54) is 43.4 Å². The van der Waals surface area contributed by atoms with Crippen LogP contribution in [0.25, 0.3) is 0 Å². The molecule has 1 aliphatic carbocycles.